The standard InChI is InChI=1S/C17H22N4O.ClH/c22-17(15-12-19-21-8-2-1-3-16(15)21)20-9-6-14(7-10-20)18-11-13-4-5-13;/h1-3,8,12-14,18H,4-7,9-11H2;1H. The van der Waals surface area contributed by atoms with E-state index in [1.54, 1.807) is 10.7 Å². The number of carbonyl (C=O) groups is 1. The third-order valence-electron chi connectivity index (χ3n) is 4.83. The summed E-state index contributed by atoms with van der Waals surface area (Å²) in [6.45, 7) is 2.84. The van der Waals surface area contributed by atoms with Crippen LogP contribution in [0.15, 0.2) is 30.6 Å². The van der Waals surface area contributed by atoms with Crippen LogP contribution in [0.25, 0.3) is 5.52 Å². The molecular weight excluding hydrogens is 312 g/mol. The lowest BCUT2D eigenvalue weighted by molar-refractivity contribution is 0.0707. The molecule has 0 spiro atoms. The van der Waals surface area contributed by atoms with Crippen LogP contribution in [0, 0.1) is 5.92 Å². The fourth-order valence-electron chi connectivity index (χ4n) is 3.21. The van der Waals surface area contributed by atoms with E-state index in [1.165, 1.54) is 12.8 Å². The average molecular weight is 335 g/mol. The van der Waals surface area contributed by atoms with E-state index >= 15 is 0 Å². The summed E-state index contributed by atoms with van der Waals surface area (Å²) >= 11 is 0. The first-order valence-electron chi connectivity index (χ1n) is 8.26. The predicted molar refractivity (Wildman–Crippen MR) is 92.1 cm³/mol. The van der Waals surface area contributed by atoms with Crippen LogP contribution in [-0.4, -0.2) is 46.1 Å². The molecule has 0 aromatic carbocycles. The number of rotatable bonds is 4. The van der Waals surface area contributed by atoms with Gasteiger partial charge >= 0.3 is 0 Å². The van der Waals surface area contributed by atoms with Crippen molar-refractivity contribution in [3.8, 4) is 0 Å². The summed E-state index contributed by atoms with van der Waals surface area (Å²) in [4.78, 5) is 14.7. The number of likely N-dealkylation sites (tertiary alicyclic amines) is 1. The number of amides is 1. The smallest absolute Gasteiger partial charge is 0.257 e. The molecule has 1 saturated carbocycles. The summed E-state index contributed by atoms with van der Waals surface area (Å²) in [7, 11) is 0. The Bertz CT molecular complexity index is 674. The van der Waals surface area contributed by atoms with Gasteiger partial charge in [-0.15, -0.1) is 12.4 Å². The van der Waals surface area contributed by atoms with Gasteiger partial charge in [-0.1, -0.05) is 6.07 Å². The van der Waals surface area contributed by atoms with E-state index < -0.39 is 0 Å². The van der Waals surface area contributed by atoms with Crippen LogP contribution >= 0.6 is 12.4 Å². The Labute approximate surface area is 142 Å². The molecule has 1 aliphatic heterocycles. The van der Waals surface area contributed by atoms with Crippen molar-refractivity contribution >= 4 is 23.8 Å². The molecule has 6 heteroatoms. The first-order chi connectivity index (χ1) is 10.8. The highest BCUT2D eigenvalue weighted by atomic mass is 35.5. The van der Waals surface area contributed by atoms with E-state index in [9.17, 15) is 4.79 Å². The second-order valence-electron chi connectivity index (χ2n) is 6.51. The third kappa shape index (κ3) is 3.51. The van der Waals surface area contributed by atoms with E-state index in [1.807, 2.05) is 29.3 Å². The minimum absolute atomic E-state index is 0. The molecule has 0 bridgehead atoms. The molecule has 2 fully saturated rings. The average Bonchev–Trinajstić information content (AvgIpc) is 3.30. The van der Waals surface area contributed by atoms with Crippen LogP contribution in [0.2, 0.25) is 0 Å². The molecule has 1 aliphatic carbocycles. The van der Waals surface area contributed by atoms with E-state index in [4.69, 9.17) is 0 Å². The Morgan fingerprint density at radius 3 is 2.74 bits per heavy atom. The number of nitrogens with zero attached hydrogens (tertiary/aromatic N) is 3. The molecule has 0 unspecified atom stereocenters. The van der Waals surface area contributed by atoms with Crippen LogP contribution in [0.3, 0.4) is 0 Å². The zero-order chi connectivity index (χ0) is 14.9. The zero-order valence-electron chi connectivity index (χ0n) is 13.1. The number of hydrogen-bond acceptors (Lipinski definition) is 3. The fraction of sp³-hybridized carbons (Fsp3) is 0.529. The summed E-state index contributed by atoms with van der Waals surface area (Å²) in [6, 6.07) is 6.39. The molecule has 0 atom stereocenters. The minimum Gasteiger partial charge on any atom is -0.338 e. The lowest BCUT2D eigenvalue weighted by Gasteiger charge is -2.32. The van der Waals surface area contributed by atoms with Crippen molar-refractivity contribution in [1.82, 2.24) is 19.8 Å². The third-order valence-corrected chi connectivity index (χ3v) is 4.83. The largest absolute Gasteiger partial charge is 0.338 e. The summed E-state index contributed by atoms with van der Waals surface area (Å²) in [6.07, 6.45) is 8.45. The van der Waals surface area contributed by atoms with Gasteiger partial charge in [-0.3, -0.25) is 4.79 Å². The van der Waals surface area contributed by atoms with Crippen molar-refractivity contribution in [3.05, 3.63) is 36.2 Å². The van der Waals surface area contributed by atoms with Crippen molar-refractivity contribution in [2.75, 3.05) is 19.6 Å². The summed E-state index contributed by atoms with van der Waals surface area (Å²) in [5.41, 5.74) is 1.60. The van der Waals surface area contributed by atoms with Crippen LogP contribution in [-0.2, 0) is 0 Å². The van der Waals surface area contributed by atoms with Gasteiger partial charge in [-0.05, 0) is 50.3 Å². The van der Waals surface area contributed by atoms with Crippen molar-refractivity contribution in [2.24, 2.45) is 5.92 Å². The number of hydrogen-bond donors (Lipinski definition) is 1. The Hall–Kier alpha value is -1.59. The van der Waals surface area contributed by atoms with Crippen molar-refractivity contribution in [1.29, 1.82) is 0 Å². The maximum atomic E-state index is 12.7. The molecule has 2 aliphatic rings. The topological polar surface area (TPSA) is 49.6 Å². The van der Waals surface area contributed by atoms with Crippen LogP contribution in [0.1, 0.15) is 36.0 Å². The summed E-state index contributed by atoms with van der Waals surface area (Å²) < 4.78 is 1.76. The lowest BCUT2D eigenvalue weighted by Crippen LogP contribution is -2.45. The van der Waals surface area contributed by atoms with Crippen LogP contribution in [0.5, 0.6) is 0 Å². The lowest BCUT2D eigenvalue weighted by atomic mass is 10.0. The van der Waals surface area contributed by atoms with Gasteiger partial charge in [0.2, 0.25) is 0 Å². The Kier molecular flexibility index (Phi) is 4.87. The van der Waals surface area contributed by atoms with Gasteiger partial charge in [-0.2, -0.15) is 5.10 Å². The quantitative estimate of drug-likeness (QED) is 0.933. The molecule has 5 nitrogen and oxygen atoms in total. The van der Waals surface area contributed by atoms with E-state index in [0.717, 1.165) is 43.9 Å². The number of halogens is 1. The zero-order valence-corrected chi connectivity index (χ0v) is 14.0. The molecule has 124 valence electrons. The van der Waals surface area contributed by atoms with Crippen LogP contribution < -0.4 is 5.32 Å². The van der Waals surface area contributed by atoms with Gasteiger partial charge in [0.25, 0.3) is 5.91 Å². The van der Waals surface area contributed by atoms with Gasteiger partial charge in [0.05, 0.1) is 17.3 Å². The van der Waals surface area contributed by atoms with Crippen LogP contribution in [0.4, 0.5) is 0 Å². The van der Waals surface area contributed by atoms with Gasteiger partial charge in [-0.25, -0.2) is 4.52 Å². The number of aromatic nitrogens is 2. The second kappa shape index (κ2) is 6.89. The fourth-order valence-corrected chi connectivity index (χ4v) is 3.21. The Morgan fingerprint density at radius 2 is 2.00 bits per heavy atom. The maximum absolute atomic E-state index is 12.7. The first-order valence-corrected chi connectivity index (χ1v) is 8.26. The van der Waals surface area contributed by atoms with Gasteiger partial charge in [0.15, 0.2) is 0 Å². The molecule has 2 aromatic rings. The van der Waals surface area contributed by atoms with Crippen molar-refractivity contribution in [3.63, 3.8) is 0 Å². The maximum Gasteiger partial charge on any atom is 0.257 e. The molecule has 1 N–H and O–H groups in total. The molecule has 0 radical (unpaired) electrons. The SMILES string of the molecule is Cl.O=C(c1cnn2ccccc12)N1CCC(NCC2CC2)CC1. The molecule has 23 heavy (non-hydrogen) atoms. The second-order valence-corrected chi connectivity index (χ2v) is 6.51. The number of piperidine rings is 1. The molecule has 3 heterocycles. The van der Waals surface area contributed by atoms with Gasteiger partial charge in [0.1, 0.15) is 0 Å². The van der Waals surface area contributed by atoms with E-state index in [2.05, 4.69) is 10.4 Å². The highest BCUT2D eigenvalue weighted by molar-refractivity contribution is 6.00. The van der Waals surface area contributed by atoms with Crippen molar-refractivity contribution < 1.29 is 4.79 Å². The Balaban J connectivity index is 0.00000156. The Morgan fingerprint density at radius 1 is 1.22 bits per heavy atom. The molecule has 1 saturated heterocycles. The van der Waals surface area contributed by atoms with E-state index in [0.29, 0.717) is 11.6 Å². The van der Waals surface area contributed by atoms with Crippen molar-refractivity contribution in [2.45, 2.75) is 31.7 Å². The minimum atomic E-state index is 0. The highest BCUT2D eigenvalue weighted by Crippen LogP contribution is 2.28. The normalized spacial score (nSPS) is 18.9. The first kappa shape index (κ1) is 16.3. The summed E-state index contributed by atoms with van der Waals surface area (Å²) in [5.74, 6) is 1.03. The number of carbonyl (C=O) groups excluding carboxylic acids is 1. The summed E-state index contributed by atoms with van der Waals surface area (Å²) in [5, 5.41) is 7.92. The number of nitrogens with one attached hydrogen (secondary N) is 1. The molecular formula is C17H23ClN4O. The molecule has 1 amide bonds. The van der Waals surface area contributed by atoms with Gasteiger partial charge in [0, 0.05) is 25.3 Å². The monoisotopic (exact) mass is 334 g/mol. The predicted octanol–water partition coefficient (Wildman–Crippen LogP) is 2.36. The highest BCUT2D eigenvalue weighted by Gasteiger charge is 2.27. The number of pyridine rings is 1. The number of fused-ring (bicyclic) bond motifs is 1. The molecule has 4 rings (SSSR count). The molecule has 2 aromatic heterocycles. The van der Waals surface area contributed by atoms with E-state index in [-0.39, 0.29) is 18.3 Å². The van der Waals surface area contributed by atoms with Gasteiger partial charge < -0.3 is 10.2 Å².